The molecule has 5 heteroatoms. The fourth-order valence-corrected chi connectivity index (χ4v) is 6.82. The molecular weight excluding hydrogens is 545 g/mol. The molecule has 0 radical (unpaired) electrons. The number of fused-ring (bicyclic) bond motifs is 3. The summed E-state index contributed by atoms with van der Waals surface area (Å²) in [5.41, 5.74) is 7.66. The van der Waals surface area contributed by atoms with Gasteiger partial charge in [0.05, 0.1) is 0 Å². The van der Waals surface area contributed by atoms with Crippen molar-refractivity contribution in [2.24, 2.45) is 0 Å². The first-order chi connectivity index (χ1) is 21.3. The molecule has 4 nitrogen and oxygen atoms in total. The zero-order valence-corrected chi connectivity index (χ0v) is 24.0. The predicted octanol–water partition coefficient (Wildman–Crippen LogP) is 9.91. The van der Waals surface area contributed by atoms with E-state index in [1.54, 1.807) is 0 Å². The smallest absolute Gasteiger partial charge is 0.164 e. The van der Waals surface area contributed by atoms with E-state index < -0.39 is 0 Å². The van der Waals surface area contributed by atoms with Gasteiger partial charge in [0, 0.05) is 27.3 Å². The van der Waals surface area contributed by atoms with Crippen LogP contribution in [0.5, 0.6) is 0 Å². The summed E-state index contributed by atoms with van der Waals surface area (Å²) in [4.78, 5) is 16.1. The molecule has 0 saturated carbocycles. The normalized spacial score (nSPS) is 13.9. The molecule has 2 heterocycles. The first-order valence-electron chi connectivity index (χ1n) is 14.3. The second-order valence-corrected chi connectivity index (χ2v) is 11.7. The minimum atomic E-state index is 0.203. The van der Waals surface area contributed by atoms with Crippen molar-refractivity contribution in [2.45, 2.75) is 10.3 Å². The van der Waals surface area contributed by atoms with E-state index in [0.717, 1.165) is 27.6 Å². The molecule has 0 amide bonds. The van der Waals surface area contributed by atoms with Gasteiger partial charge < -0.3 is 5.32 Å². The van der Waals surface area contributed by atoms with Crippen LogP contribution in [0.2, 0.25) is 0 Å². The fourth-order valence-electron chi connectivity index (χ4n) is 5.54. The third-order valence-electron chi connectivity index (χ3n) is 7.77. The minimum Gasteiger partial charge on any atom is -0.368 e. The van der Waals surface area contributed by atoms with E-state index in [4.69, 9.17) is 15.0 Å². The van der Waals surface area contributed by atoms with Crippen molar-refractivity contribution in [1.82, 2.24) is 15.0 Å². The molecule has 1 N–H and O–H groups in total. The van der Waals surface area contributed by atoms with Crippen molar-refractivity contribution in [3.63, 3.8) is 0 Å². The lowest BCUT2D eigenvalue weighted by atomic mass is 10.0. The molecule has 1 aliphatic rings. The molecule has 0 saturated heterocycles. The summed E-state index contributed by atoms with van der Waals surface area (Å²) in [6, 6.07) is 50.4. The van der Waals surface area contributed by atoms with Gasteiger partial charge in [-0.1, -0.05) is 145 Å². The Kier molecular flexibility index (Phi) is 6.43. The molecule has 6 aromatic carbocycles. The summed E-state index contributed by atoms with van der Waals surface area (Å²) in [6.45, 7) is 0. The van der Waals surface area contributed by atoms with Crippen molar-refractivity contribution in [3.8, 4) is 45.3 Å². The van der Waals surface area contributed by atoms with E-state index >= 15 is 0 Å². The number of hydrogen-bond donors (Lipinski definition) is 1. The number of nitrogens with one attached hydrogen (secondary N) is 1. The van der Waals surface area contributed by atoms with E-state index in [2.05, 4.69) is 115 Å². The second kappa shape index (κ2) is 10.9. The zero-order valence-electron chi connectivity index (χ0n) is 23.2. The Morgan fingerprint density at radius 3 is 1.65 bits per heavy atom. The van der Waals surface area contributed by atoms with Gasteiger partial charge in [-0.2, -0.15) is 0 Å². The van der Waals surface area contributed by atoms with E-state index in [9.17, 15) is 0 Å². The van der Waals surface area contributed by atoms with E-state index in [-0.39, 0.29) is 5.37 Å². The highest BCUT2D eigenvalue weighted by Crippen LogP contribution is 2.49. The molecule has 8 rings (SSSR count). The fraction of sp³-hybridized carbons (Fsp3) is 0.0263. The molecule has 0 fully saturated rings. The summed E-state index contributed by atoms with van der Waals surface area (Å²) in [5, 5.41) is 6.28. The summed E-state index contributed by atoms with van der Waals surface area (Å²) >= 11 is 1.87. The van der Waals surface area contributed by atoms with Crippen molar-refractivity contribution < 1.29 is 0 Å². The summed E-state index contributed by atoms with van der Waals surface area (Å²) < 4.78 is 0. The van der Waals surface area contributed by atoms with E-state index in [1.165, 1.54) is 27.1 Å². The lowest BCUT2D eigenvalue weighted by molar-refractivity contribution is 1.07. The molecule has 0 aliphatic carbocycles. The standard InChI is InChI=1S/C38H26N4S/c1-4-10-25(11-5-1)26-16-18-28(19-17-26)36-40-35(27-12-6-2-7-13-27)41-37(42-36)31-20-22-32-30(24-31)21-23-33-34(32)43-38(39-33)29-14-8-3-9-15-29/h1-24,38-39H. The van der Waals surface area contributed by atoms with Gasteiger partial charge in [-0.15, -0.1) is 0 Å². The third-order valence-corrected chi connectivity index (χ3v) is 9.07. The van der Waals surface area contributed by atoms with Crippen LogP contribution in [0.3, 0.4) is 0 Å². The Morgan fingerprint density at radius 1 is 0.465 bits per heavy atom. The topological polar surface area (TPSA) is 50.7 Å². The van der Waals surface area contributed by atoms with Crippen LogP contribution in [0.4, 0.5) is 5.69 Å². The van der Waals surface area contributed by atoms with Crippen LogP contribution >= 0.6 is 11.8 Å². The maximum atomic E-state index is 4.99. The van der Waals surface area contributed by atoms with Crippen molar-refractivity contribution >= 4 is 28.2 Å². The molecule has 204 valence electrons. The number of hydrogen-bond acceptors (Lipinski definition) is 5. The predicted molar refractivity (Wildman–Crippen MR) is 178 cm³/mol. The van der Waals surface area contributed by atoms with Crippen molar-refractivity contribution in [3.05, 3.63) is 151 Å². The molecule has 1 atom stereocenters. The average molecular weight is 571 g/mol. The lowest BCUT2D eigenvalue weighted by Gasteiger charge is -2.10. The van der Waals surface area contributed by atoms with Gasteiger partial charge >= 0.3 is 0 Å². The summed E-state index contributed by atoms with van der Waals surface area (Å²) in [6.07, 6.45) is 0. The van der Waals surface area contributed by atoms with Crippen molar-refractivity contribution in [1.29, 1.82) is 0 Å². The Morgan fingerprint density at radius 2 is 0.977 bits per heavy atom. The Labute approximate surface area is 254 Å². The molecule has 1 aromatic heterocycles. The maximum Gasteiger partial charge on any atom is 0.164 e. The van der Waals surface area contributed by atoms with Gasteiger partial charge in [0.25, 0.3) is 0 Å². The molecule has 1 unspecified atom stereocenters. The monoisotopic (exact) mass is 570 g/mol. The van der Waals surface area contributed by atoms with Crippen LogP contribution in [0.1, 0.15) is 10.9 Å². The van der Waals surface area contributed by atoms with Crippen LogP contribution in [0, 0.1) is 0 Å². The van der Waals surface area contributed by atoms with Crippen LogP contribution < -0.4 is 5.32 Å². The van der Waals surface area contributed by atoms with Gasteiger partial charge in [0.15, 0.2) is 17.5 Å². The SMILES string of the molecule is c1ccc(-c2ccc(-c3nc(-c4ccccc4)nc(-c4ccc5c6c(ccc5c4)NC(c4ccccc4)S6)n3)cc2)cc1. The molecule has 1 aliphatic heterocycles. The van der Waals surface area contributed by atoms with Crippen LogP contribution in [-0.4, -0.2) is 15.0 Å². The first kappa shape index (κ1) is 25.5. The third kappa shape index (κ3) is 4.94. The number of rotatable bonds is 5. The summed E-state index contributed by atoms with van der Waals surface area (Å²) in [5.74, 6) is 1.97. The van der Waals surface area contributed by atoms with Gasteiger partial charge in [-0.25, -0.2) is 15.0 Å². The molecule has 7 aromatic rings. The molecule has 0 bridgehead atoms. The van der Waals surface area contributed by atoms with E-state index in [1.807, 2.05) is 48.2 Å². The van der Waals surface area contributed by atoms with Crippen LogP contribution in [-0.2, 0) is 0 Å². The second-order valence-electron chi connectivity index (χ2n) is 10.5. The first-order valence-corrected chi connectivity index (χ1v) is 15.2. The highest BCUT2D eigenvalue weighted by atomic mass is 32.2. The highest BCUT2D eigenvalue weighted by Gasteiger charge is 2.25. The van der Waals surface area contributed by atoms with Gasteiger partial charge in [-0.3, -0.25) is 0 Å². The zero-order chi connectivity index (χ0) is 28.6. The number of benzene rings is 6. The lowest BCUT2D eigenvalue weighted by Crippen LogP contribution is -2.00. The van der Waals surface area contributed by atoms with Crippen molar-refractivity contribution in [2.75, 3.05) is 5.32 Å². The van der Waals surface area contributed by atoms with Gasteiger partial charge in [-0.05, 0) is 39.6 Å². The quantitative estimate of drug-likeness (QED) is 0.223. The Bertz CT molecular complexity index is 2060. The Balaban J connectivity index is 1.19. The van der Waals surface area contributed by atoms with Crippen LogP contribution in [0.15, 0.2) is 150 Å². The number of aromatic nitrogens is 3. The van der Waals surface area contributed by atoms with Gasteiger partial charge in [0.2, 0.25) is 0 Å². The molecular formula is C38H26N4S. The average Bonchev–Trinajstić information content (AvgIpc) is 3.54. The number of nitrogens with zero attached hydrogens (tertiary/aromatic N) is 3. The van der Waals surface area contributed by atoms with Crippen LogP contribution in [0.25, 0.3) is 56.1 Å². The summed E-state index contributed by atoms with van der Waals surface area (Å²) in [7, 11) is 0. The molecule has 43 heavy (non-hydrogen) atoms. The Hall–Kier alpha value is -5.26. The number of thioether (sulfide) groups is 1. The minimum absolute atomic E-state index is 0.203. The van der Waals surface area contributed by atoms with Gasteiger partial charge in [0.1, 0.15) is 5.37 Å². The largest absolute Gasteiger partial charge is 0.368 e. The maximum absolute atomic E-state index is 4.99. The number of anilines is 1. The molecule has 0 spiro atoms. The van der Waals surface area contributed by atoms with E-state index in [0.29, 0.717) is 17.5 Å². The highest BCUT2D eigenvalue weighted by molar-refractivity contribution is 8.00.